The van der Waals surface area contributed by atoms with Gasteiger partial charge in [0.25, 0.3) is 0 Å². The van der Waals surface area contributed by atoms with Crippen molar-refractivity contribution in [2.45, 2.75) is 12.1 Å². The van der Waals surface area contributed by atoms with Gasteiger partial charge in [0.15, 0.2) is 5.78 Å². The van der Waals surface area contributed by atoms with Crippen LogP contribution >= 0.6 is 7.29 Å². The zero-order chi connectivity index (χ0) is 22.4. The Morgan fingerprint density at radius 1 is 0.656 bits per heavy atom. The first-order valence-electron chi connectivity index (χ1n) is 10.4. The van der Waals surface area contributed by atoms with E-state index in [0.29, 0.717) is 21.7 Å². The highest BCUT2D eigenvalue weighted by Gasteiger charge is 2.36. The Morgan fingerprint density at radius 2 is 1.06 bits per heavy atom. The highest BCUT2D eigenvalue weighted by atomic mass is 31.2. The summed E-state index contributed by atoms with van der Waals surface area (Å²) in [5, 5.41) is 15.6. The molecule has 0 aliphatic heterocycles. The number of benzene rings is 4. The number of carbonyl (C=O) groups is 1. The molecule has 0 saturated heterocycles. The van der Waals surface area contributed by atoms with Crippen molar-refractivity contribution in [3.05, 3.63) is 132 Å². The normalized spacial score (nSPS) is 13.3. The average molecular weight is 441 g/mol. The summed E-state index contributed by atoms with van der Waals surface area (Å²) in [6.45, 7) is 0. The van der Waals surface area contributed by atoms with Gasteiger partial charge in [-0.2, -0.15) is 0 Å². The number of nitrogens with one attached hydrogen (secondary N) is 1. The Bertz CT molecular complexity index is 1160. The number of hydrogen-bond acceptors (Lipinski definition) is 3. The molecule has 0 unspecified atom stereocenters. The van der Waals surface area contributed by atoms with E-state index in [4.69, 9.17) is 0 Å². The van der Waals surface area contributed by atoms with Gasteiger partial charge in [0, 0.05) is 16.2 Å². The van der Waals surface area contributed by atoms with E-state index in [-0.39, 0.29) is 0 Å². The Labute approximate surface area is 188 Å². The van der Waals surface area contributed by atoms with Crippen LogP contribution in [0.25, 0.3) is 0 Å². The van der Waals surface area contributed by atoms with E-state index in [1.807, 2.05) is 72.8 Å². The third-order valence-corrected chi connectivity index (χ3v) is 8.05. The van der Waals surface area contributed by atoms with E-state index in [0.717, 1.165) is 0 Å². The van der Waals surface area contributed by atoms with Crippen LogP contribution in [0.2, 0.25) is 0 Å². The van der Waals surface area contributed by atoms with Gasteiger partial charge in [-0.25, -0.2) is 5.09 Å². The maximum atomic E-state index is 14.5. The molecule has 0 spiro atoms. The highest BCUT2D eigenvalue weighted by molar-refractivity contribution is 7.76. The molecule has 2 atom stereocenters. The Morgan fingerprint density at radius 3 is 1.53 bits per heavy atom. The fraction of sp³-hybridized carbons (Fsp3) is 0.0741. The number of aliphatic hydroxyl groups excluding tert-OH is 1. The van der Waals surface area contributed by atoms with E-state index >= 15 is 0 Å². The van der Waals surface area contributed by atoms with Gasteiger partial charge in [-0.15, -0.1) is 0 Å². The molecule has 0 fully saturated rings. The van der Waals surface area contributed by atoms with Crippen LogP contribution in [0.5, 0.6) is 0 Å². The quantitative estimate of drug-likeness (QED) is 0.312. The topological polar surface area (TPSA) is 66.4 Å². The maximum Gasteiger partial charge on any atom is 0.205 e. The van der Waals surface area contributed by atoms with Crippen molar-refractivity contribution in [1.29, 1.82) is 0 Å². The van der Waals surface area contributed by atoms with Crippen molar-refractivity contribution in [3.63, 3.8) is 0 Å². The lowest BCUT2D eigenvalue weighted by Crippen LogP contribution is -2.40. The van der Waals surface area contributed by atoms with Gasteiger partial charge in [-0.3, -0.25) is 9.36 Å². The van der Waals surface area contributed by atoms with Gasteiger partial charge in [0.2, 0.25) is 7.29 Å². The summed E-state index contributed by atoms with van der Waals surface area (Å²) in [4.78, 5) is 13.1. The van der Waals surface area contributed by atoms with Gasteiger partial charge in [-0.05, 0) is 29.8 Å². The van der Waals surface area contributed by atoms with Crippen LogP contribution in [0.1, 0.15) is 22.0 Å². The zero-order valence-corrected chi connectivity index (χ0v) is 18.3. The van der Waals surface area contributed by atoms with Crippen LogP contribution in [0.4, 0.5) is 0 Å². The highest BCUT2D eigenvalue weighted by Crippen LogP contribution is 2.42. The number of hydrogen-bond donors (Lipinski definition) is 2. The lowest BCUT2D eigenvalue weighted by atomic mass is 9.96. The number of rotatable bonds is 8. The molecule has 0 radical (unpaired) electrons. The third kappa shape index (κ3) is 4.63. The average Bonchev–Trinajstić information content (AvgIpc) is 2.88. The van der Waals surface area contributed by atoms with Crippen LogP contribution in [0.3, 0.4) is 0 Å². The first-order valence-corrected chi connectivity index (χ1v) is 12.1. The molecule has 4 nitrogen and oxygen atoms in total. The first-order chi connectivity index (χ1) is 15.6. The lowest BCUT2D eigenvalue weighted by molar-refractivity contribution is 0.0679. The summed E-state index contributed by atoms with van der Waals surface area (Å²) in [6, 6.07) is 35.2. The molecule has 4 aromatic carbocycles. The minimum atomic E-state index is -3.39. The molecule has 4 aromatic rings. The minimum Gasteiger partial charge on any atom is -0.383 e. The molecule has 0 aliphatic carbocycles. The van der Waals surface area contributed by atoms with E-state index in [2.05, 4.69) is 5.09 Å². The minimum absolute atomic E-state index is 0.400. The number of carbonyl (C=O) groups excluding carboxylic acids is 1. The molecule has 0 amide bonds. The molecular weight excluding hydrogens is 417 g/mol. The van der Waals surface area contributed by atoms with Crippen molar-refractivity contribution in [2.75, 3.05) is 0 Å². The third-order valence-electron chi connectivity index (χ3n) is 5.36. The molecule has 32 heavy (non-hydrogen) atoms. The summed E-state index contributed by atoms with van der Waals surface area (Å²) in [6.07, 6.45) is -1.43. The van der Waals surface area contributed by atoms with E-state index in [1.165, 1.54) is 0 Å². The molecule has 4 rings (SSSR count). The van der Waals surface area contributed by atoms with E-state index in [1.54, 1.807) is 48.5 Å². The summed E-state index contributed by atoms with van der Waals surface area (Å²) < 4.78 is 14.5. The fourth-order valence-electron chi connectivity index (χ4n) is 3.68. The largest absolute Gasteiger partial charge is 0.383 e. The predicted octanol–water partition coefficient (Wildman–Crippen LogP) is 4.49. The summed E-state index contributed by atoms with van der Waals surface area (Å²) in [7, 11) is -3.39. The number of Topliss-reactive ketones (excluding diaryl/α,β-unsaturated/α-hetero) is 1. The molecule has 0 saturated carbocycles. The molecule has 0 aromatic heterocycles. The lowest BCUT2D eigenvalue weighted by Gasteiger charge is -2.30. The molecule has 5 heteroatoms. The summed E-state index contributed by atoms with van der Waals surface area (Å²) in [5.74, 6) is -0.431. The molecule has 0 heterocycles. The second kappa shape index (κ2) is 9.88. The monoisotopic (exact) mass is 441 g/mol. The van der Waals surface area contributed by atoms with E-state index in [9.17, 15) is 14.5 Å². The van der Waals surface area contributed by atoms with Gasteiger partial charge < -0.3 is 5.11 Å². The van der Waals surface area contributed by atoms with Crippen LogP contribution in [0, 0.1) is 0 Å². The SMILES string of the molecule is O=C(c1ccccc1)[C@H](O)[C@@H](NP(=O)(c1ccccc1)c1ccccc1)c1ccccc1. The second-order valence-corrected chi connectivity index (χ2v) is 9.98. The van der Waals surface area contributed by atoms with Gasteiger partial charge in [-0.1, -0.05) is 97.1 Å². The Kier molecular flexibility index (Phi) is 6.77. The standard InChI is InChI=1S/C27H24NO3P/c29-26(22-15-7-2-8-16-22)27(30)25(21-13-5-1-6-14-21)28-32(31,23-17-9-3-10-18-23)24-19-11-4-12-20-24/h1-20,25,27,30H,(H,28,31)/t25-,27+/m0/s1. The summed E-state index contributed by atoms with van der Waals surface area (Å²) >= 11 is 0. The van der Waals surface area contributed by atoms with Crippen molar-refractivity contribution < 1.29 is 14.5 Å². The van der Waals surface area contributed by atoms with Crippen molar-refractivity contribution in [1.82, 2.24) is 5.09 Å². The Balaban J connectivity index is 1.80. The molecule has 0 bridgehead atoms. The van der Waals surface area contributed by atoms with Crippen LogP contribution < -0.4 is 15.7 Å². The summed E-state index contributed by atoms with van der Waals surface area (Å²) in [5.41, 5.74) is 1.08. The number of ketones is 1. The first kappa shape index (κ1) is 21.9. The molecule has 2 N–H and O–H groups in total. The van der Waals surface area contributed by atoms with Crippen LogP contribution in [0.15, 0.2) is 121 Å². The van der Waals surface area contributed by atoms with Gasteiger partial charge in [0.1, 0.15) is 6.10 Å². The van der Waals surface area contributed by atoms with Crippen molar-refractivity contribution in [2.24, 2.45) is 0 Å². The van der Waals surface area contributed by atoms with Gasteiger partial charge in [0.05, 0.1) is 6.04 Å². The van der Waals surface area contributed by atoms with Crippen molar-refractivity contribution in [3.8, 4) is 0 Å². The zero-order valence-electron chi connectivity index (χ0n) is 17.4. The maximum absolute atomic E-state index is 14.5. The van der Waals surface area contributed by atoms with Crippen LogP contribution in [-0.4, -0.2) is 17.0 Å². The fourth-order valence-corrected chi connectivity index (χ4v) is 6.14. The molecule has 160 valence electrons. The second-order valence-electron chi connectivity index (χ2n) is 7.47. The molecule has 0 aliphatic rings. The van der Waals surface area contributed by atoms with Crippen molar-refractivity contribution >= 4 is 23.7 Å². The van der Waals surface area contributed by atoms with E-state index < -0.39 is 25.2 Å². The number of aliphatic hydroxyl groups is 1. The Hall–Kier alpha value is -3.30. The smallest absolute Gasteiger partial charge is 0.205 e. The molecular formula is C27H24NO3P. The van der Waals surface area contributed by atoms with Crippen LogP contribution in [-0.2, 0) is 4.57 Å². The van der Waals surface area contributed by atoms with Gasteiger partial charge >= 0.3 is 0 Å². The predicted molar refractivity (Wildman–Crippen MR) is 129 cm³/mol.